The van der Waals surface area contributed by atoms with Crippen LogP contribution in [0.5, 0.6) is 5.75 Å². The highest BCUT2D eigenvalue weighted by molar-refractivity contribution is 5.86. The quantitative estimate of drug-likeness (QED) is 0.506. The molecule has 0 saturated heterocycles. The average molecular weight is 273 g/mol. The summed E-state index contributed by atoms with van der Waals surface area (Å²) >= 11 is 0. The van der Waals surface area contributed by atoms with Crippen LogP contribution < -0.4 is 4.74 Å². The molecule has 0 heterocycles. The predicted molar refractivity (Wildman–Crippen MR) is 61.1 cm³/mol. The van der Waals surface area contributed by atoms with Crippen molar-refractivity contribution in [3.05, 3.63) is 39.4 Å². The van der Waals surface area contributed by atoms with Crippen molar-refractivity contribution in [2.24, 2.45) is 0 Å². The highest BCUT2D eigenvalue weighted by Crippen LogP contribution is 2.30. The number of nitro groups is 1. The van der Waals surface area contributed by atoms with E-state index in [9.17, 15) is 23.7 Å². The molecule has 0 aliphatic carbocycles. The monoisotopic (exact) mass is 273 g/mol. The standard InChI is InChI=1S/C11H9F2NO5/c1-6-4-8(14(17)18)7(2-3-10(15)16)5-9(6)19-11(12)13/h2-5,11H,1H3,(H,15,16)/b3-2+. The normalized spacial score (nSPS) is 10.9. The first-order valence-corrected chi connectivity index (χ1v) is 4.96. The Bertz CT molecular complexity index is 542. The van der Waals surface area contributed by atoms with Crippen LogP contribution in [0.3, 0.4) is 0 Å². The molecule has 0 saturated carbocycles. The Hall–Kier alpha value is -2.51. The maximum absolute atomic E-state index is 12.1. The second-order valence-corrected chi connectivity index (χ2v) is 3.48. The number of halogens is 2. The summed E-state index contributed by atoms with van der Waals surface area (Å²) in [5.74, 6) is -1.56. The van der Waals surface area contributed by atoms with Gasteiger partial charge in [0.05, 0.1) is 10.5 Å². The number of aryl methyl sites for hydroxylation is 1. The van der Waals surface area contributed by atoms with Gasteiger partial charge in [0.1, 0.15) is 5.75 Å². The van der Waals surface area contributed by atoms with Gasteiger partial charge in [-0.25, -0.2) is 4.79 Å². The molecule has 1 aromatic rings. The zero-order valence-corrected chi connectivity index (χ0v) is 9.67. The van der Waals surface area contributed by atoms with Crippen LogP contribution in [0.4, 0.5) is 14.5 Å². The second kappa shape index (κ2) is 5.89. The third-order valence-corrected chi connectivity index (χ3v) is 2.14. The summed E-state index contributed by atoms with van der Waals surface area (Å²) in [6.45, 7) is -1.70. The molecule has 102 valence electrons. The summed E-state index contributed by atoms with van der Waals surface area (Å²) in [4.78, 5) is 20.4. The van der Waals surface area contributed by atoms with Gasteiger partial charge in [0.2, 0.25) is 0 Å². The molecule has 0 fully saturated rings. The third-order valence-electron chi connectivity index (χ3n) is 2.14. The Labute approximate surface area is 106 Å². The number of rotatable bonds is 5. The number of carboxylic acid groups (broad SMARTS) is 1. The van der Waals surface area contributed by atoms with Gasteiger partial charge in [-0.3, -0.25) is 10.1 Å². The predicted octanol–water partition coefficient (Wildman–Crippen LogP) is 2.60. The summed E-state index contributed by atoms with van der Waals surface area (Å²) < 4.78 is 28.5. The van der Waals surface area contributed by atoms with Gasteiger partial charge >= 0.3 is 12.6 Å². The van der Waals surface area contributed by atoms with E-state index in [1.807, 2.05) is 0 Å². The zero-order valence-electron chi connectivity index (χ0n) is 9.67. The molecule has 1 rings (SSSR count). The number of carbonyl (C=O) groups is 1. The number of alkyl halides is 2. The van der Waals surface area contributed by atoms with Crippen molar-refractivity contribution in [3.8, 4) is 5.75 Å². The van der Waals surface area contributed by atoms with Crippen LogP contribution in [-0.4, -0.2) is 22.6 Å². The maximum atomic E-state index is 12.1. The van der Waals surface area contributed by atoms with Gasteiger partial charge in [0.15, 0.2) is 0 Å². The Morgan fingerprint density at radius 3 is 2.63 bits per heavy atom. The van der Waals surface area contributed by atoms with Crippen molar-refractivity contribution in [3.63, 3.8) is 0 Å². The maximum Gasteiger partial charge on any atom is 0.387 e. The molecule has 0 radical (unpaired) electrons. The van der Waals surface area contributed by atoms with Crippen molar-refractivity contribution in [2.75, 3.05) is 0 Å². The zero-order chi connectivity index (χ0) is 14.6. The minimum atomic E-state index is -3.07. The largest absolute Gasteiger partial charge is 0.478 e. The summed E-state index contributed by atoms with van der Waals surface area (Å²) in [6.07, 6.45) is 1.61. The van der Waals surface area contributed by atoms with Crippen molar-refractivity contribution < 1.29 is 28.3 Å². The fourth-order valence-electron chi connectivity index (χ4n) is 1.36. The molecule has 0 aromatic heterocycles. The lowest BCUT2D eigenvalue weighted by molar-refractivity contribution is -0.385. The molecule has 0 aliphatic heterocycles. The lowest BCUT2D eigenvalue weighted by Gasteiger charge is -2.09. The van der Waals surface area contributed by atoms with Crippen LogP contribution in [-0.2, 0) is 4.79 Å². The molecular formula is C11H9F2NO5. The van der Waals surface area contributed by atoms with Crippen LogP contribution in [0.25, 0.3) is 6.08 Å². The smallest absolute Gasteiger partial charge is 0.387 e. The molecule has 0 atom stereocenters. The molecule has 6 nitrogen and oxygen atoms in total. The van der Waals surface area contributed by atoms with Crippen LogP contribution in [0, 0.1) is 17.0 Å². The number of hydrogen-bond acceptors (Lipinski definition) is 4. The van der Waals surface area contributed by atoms with Crippen LogP contribution in [0.2, 0.25) is 0 Å². The molecule has 19 heavy (non-hydrogen) atoms. The van der Waals surface area contributed by atoms with E-state index in [0.29, 0.717) is 6.08 Å². The fraction of sp³-hybridized carbons (Fsp3) is 0.182. The van der Waals surface area contributed by atoms with Crippen molar-refractivity contribution in [1.29, 1.82) is 0 Å². The lowest BCUT2D eigenvalue weighted by Crippen LogP contribution is -2.04. The van der Waals surface area contributed by atoms with E-state index in [2.05, 4.69) is 4.74 Å². The number of carboxylic acids is 1. The Morgan fingerprint density at radius 1 is 1.53 bits per heavy atom. The van der Waals surface area contributed by atoms with Gasteiger partial charge in [0, 0.05) is 12.1 Å². The summed E-state index contributed by atoms with van der Waals surface area (Å²) in [5.41, 5.74) is -0.371. The molecule has 8 heteroatoms. The van der Waals surface area contributed by atoms with Crippen LogP contribution in [0.1, 0.15) is 11.1 Å². The van der Waals surface area contributed by atoms with Crippen molar-refractivity contribution >= 4 is 17.7 Å². The first-order chi connectivity index (χ1) is 8.81. The number of hydrogen-bond donors (Lipinski definition) is 1. The van der Waals surface area contributed by atoms with E-state index in [0.717, 1.165) is 18.2 Å². The van der Waals surface area contributed by atoms with Gasteiger partial charge in [-0.05, 0) is 24.6 Å². The first kappa shape index (κ1) is 14.6. The topological polar surface area (TPSA) is 89.7 Å². The Kier molecular flexibility index (Phi) is 4.51. The fourth-order valence-corrected chi connectivity index (χ4v) is 1.36. The molecule has 1 N–H and O–H groups in total. The highest BCUT2D eigenvalue weighted by Gasteiger charge is 2.17. The van der Waals surface area contributed by atoms with Gasteiger partial charge in [-0.15, -0.1) is 0 Å². The lowest BCUT2D eigenvalue weighted by atomic mass is 10.1. The van der Waals surface area contributed by atoms with E-state index >= 15 is 0 Å². The SMILES string of the molecule is Cc1cc([N+](=O)[O-])c(/C=C/C(=O)O)cc1OC(F)F. The molecule has 0 spiro atoms. The molecule has 0 unspecified atom stereocenters. The Balaban J connectivity index is 3.30. The van der Waals surface area contributed by atoms with Gasteiger partial charge in [-0.2, -0.15) is 8.78 Å². The van der Waals surface area contributed by atoms with E-state index < -0.39 is 23.2 Å². The van der Waals surface area contributed by atoms with E-state index in [4.69, 9.17) is 5.11 Å². The van der Waals surface area contributed by atoms with E-state index in [-0.39, 0.29) is 16.9 Å². The summed E-state index contributed by atoms with van der Waals surface area (Å²) in [7, 11) is 0. The molecular weight excluding hydrogens is 264 g/mol. The Morgan fingerprint density at radius 2 is 2.16 bits per heavy atom. The van der Waals surface area contributed by atoms with Crippen LogP contribution in [0.15, 0.2) is 18.2 Å². The van der Waals surface area contributed by atoms with Crippen molar-refractivity contribution in [1.82, 2.24) is 0 Å². The van der Waals surface area contributed by atoms with E-state index in [1.165, 1.54) is 6.92 Å². The first-order valence-electron chi connectivity index (χ1n) is 4.96. The average Bonchev–Trinajstić information content (AvgIpc) is 2.28. The summed E-state index contributed by atoms with van der Waals surface area (Å²) in [6, 6.07) is 2.04. The number of nitrogens with zero attached hydrogens (tertiary/aromatic N) is 1. The molecule has 0 aliphatic rings. The van der Waals surface area contributed by atoms with Gasteiger partial charge in [-0.1, -0.05) is 0 Å². The summed E-state index contributed by atoms with van der Waals surface area (Å²) in [5, 5.41) is 19.3. The molecule has 0 amide bonds. The number of ether oxygens (including phenoxy) is 1. The molecule has 1 aromatic carbocycles. The number of nitro benzene ring substituents is 1. The number of aliphatic carboxylic acids is 1. The van der Waals surface area contributed by atoms with Gasteiger partial charge in [0.25, 0.3) is 5.69 Å². The van der Waals surface area contributed by atoms with E-state index in [1.54, 1.807) is 0 Å². The minimum Gasteiger partial charge on any atom is -0.478 e. The molecule has 0 bridgehead atoms. The van der Waals surface area contributed by atoms with Crippen LogP contribution >= 0.6 is 0 Å². The third kappa shape index (κ3) is 4.02. The van der Waals surface area contributed by atoms with Gasteiger partial charge < -0.3 is 9.84 Å². The minimum absolute atomic E-state index is 0.131. The highest BCUT2D eigenvalue weighted by atomic mass is 19.3. The second-order valence-electron chi connectivity index (χ2n) is 3.48. The van der Waals surface area contributed by atoms with Crippen molar-refractivity contribution in [2.45, 2.75) is 13.5 Å². The number of benzene rings is 1.